The van der Waals surface area contributed by atoms with Gasteiger partial charge in [0.2, 0.25) is 5.91 Å². The van der Waals surface area contributed by atoms with Crippen molar-refractivity contribution in [1.29, 1.82) is 0 Å². The number of fused-ring (bicyclic) bond motifs is 1. The number of likely N-dealkylation sites (tertiary alicyclic amines) is 1. The van der Waals surface area contributed by atoms with Crippen LogP contribution in [0.15, 0.2) is 48.8 Å². The minimum absolute atomic E-state index is 0.00734. The van der Waals surface area contributed by atoms with Crippen molar-refractivity contribution in [2.24, 2.45) is 5.92 Å². The van der Waals surface area contributed by atoms with E-state index < -0.39 is 0 Å². The van der Waals surface area contributed by atoms with Gasteiger partial charge in [0.25, 0.3) is 0 Å². The van der Waals surface area contributed by atoms with E-state index in [2.05, 4.69) is 15.3 Å². The van der Waals surface area contributed by atoms with Crippen molar-refractivity contribution in [1.82, 2.24) is 24.9 Å². The zero-order chi connectivity index (χ0) is 17.9. The van der Waals surface area contributed by atoms with Crippen LogP contribution < -0.4 is 0 Å². The highest BCUT2D eigenvalue weighted by Crippen LogP contribution is 2.22. The number of Topliss-reactive ketones (excluding diaryl/α,β-unsaturated/α-hetero) is 1. The van der Waals surface area contributed by atoms with Crippen LogP contribution >= 0.6 is 0 Å². The molecule has 0 aliphatic carbocycles. The summed E-state index contributed by atoms with van der Waals surface area (Å²) in [5.41, 5.74) is 2.27. The highest BCUT2D eigenvalue weighted by atomic mass is 16.2. The van der Waals surface area contributed by atoms with Crippen molar-refractivity contribution >= 4 is 22.7 Å². The Morgan fingerprint density at radius 2 is 1.88 bits per heavy atom. The summed E-state index contributed by atoms with van der Waals surface area (Å²) in [5.74, 6) is 0.0795. The van der Waals surface area contributed by atoms with E-state index in [1.54, 1.807) is 29.2 Å². The molecule has 1 aromatic carbocycles. The highest BCUT2D eigenvalue weighted by Gasteiger charge is 2.28. The molecule has 1 amide bonds. The molecule has 7 heteroatoms. The van der Waals surface area contributed by atoms with Crippen LogP contribution in [0.2, 0.25) is 0 Å². The average molecular weight is 349 g/mol. The molecule has 1 aliphatic heterocycles. The van der Waals surface area contributed by atoms with Crippen molar-refractivity contribution in [2.45, 2.75) is 19.4 Å². The van der Waals surface area contributed by atoms with Gasteiger partial charge in [-0.2, -0.15) is 0 Å². The van der Waals surface area contributed by atoms with E-state index in [9.17, 15) is 9.59 Å². The molecule has 0 unspecified atom stereocenters. The molecule has 2 aromatic heterocycles. The molecule has 0 saturated carbocycles. The van der Waals surface area contributed by atoms with E-state index in [1.807, 2.05) is 29.2 Å². The maximum absolute atomic E-state index is 12.6. The van der Waals surface area contributed by atoms with E-state index in [0.29, 0.717) is 31.5 Å². The second kappa shape index (κ2) is 7.03. The maximum atomic E-state index is 12.6. The zero-order valence-corrected chi connectivity index (χ0v) is 14.3. The Balaban J connectivity index is 1.37. The Morgan fingerprint density at radius 1 is 1.08 bits per heavy atom. The average Bonchev–Trinajstić information content (AvgIpc) is 3.11. The molecule has 1 fully saturated rings. The number of aromatic nitrogens is 4. The molecule has 3 heterocycles. The Labute approximate surface area is 150 Å². The van der Waals surface area contributed by atoms with Gasteiger partial charge in [0.05, 0.1) is 5.52 Å². The summed E-state index contributed by atoms with van der Waals surface area (Å²) < 4.78 is 1.63. The summed E-state index contributed by atoms with van der Waals surface area (Å²) >= 11 is 0. The fourth-order valence-corrected chi connectivity index (χ4v) is 3.40. The number of benzene rings is 1. The predicted molar refractivity (Wildman–Crippen MR) is 95.4 cm³/mol. The molecule has 0 spiro atoms. The third-order valence-electron chi connectivity index (χ3n) is 4.87. The van der Waals surface area contributed by atoms with E-state index in [4.69, 9.17) is 0 Å². The van der Waals surface area contributed by atoms with Crippen LogP contribution in [0, 0.1) is 5.92 Å². The first-order chi connectivity index (χ1) is 12.7. The predicted octanol–water partition coefficient (Wildman–Crippen LogP) is 1.95. The van der Waals surface area contributed by atoms with Crippen LogP contribution in [-0.4, -0.2) is 49.7 Å². The molecule has 0 N–H and O–H groups in total. The second-order valence-electron chi connectivity index (χ2n) is 6.50. The summed E-state index contributed by atoms with van der Waals surface area (Å²) in [4.78, 5) is 30.9. The lowest BCUT2D eigenvalue weighted by atomic mass is 9.89. The lowest BCUT2D eigenvalue weighted by molar-refractivity contribution is -0.133. The molecule has 0 atom stereocenters. The number of carbonyl (C=O) groups excluding carboxylic acids is 2. The van der Waals surface area contributed by atoms with Crippen LogP contribution in [0.4, 0.5) is 0 Å². The van der Waals surface area contributed by atoms with Crippen molar-refractivity contribution < 1.29 is 9.59 Å². The van der Waals surface area contributed by atoms with Gasteiger partial charge in [-0.15, -0.1) is 5.10 Å². The molecule has 26 heavy (non-hydrogen) atoms. The number of pyridine rings is 1. The Kier molecular flexibility index (Phi) is 4.43. The van der Waals surface area contributed by atoms with Crippen LogP contribution in [0.5, 0.6) is 0 Å². The van der Waals surface area contributed by atoms with Crippen molar-refractivity contribution in [2.75, 3.05) is 13.1 Å². The molecule has 1 aliphatic rings. The molecule has 132 valence electrons. The lowest BCUT2D eigenvalue weighted by Gasteiger charge is -2.31. The fourth-order valence-electron chi connectivity index (χ4n) is 3.40. The van der Waals surface area contributed by atoms with E-state index in [0.717, 1.165) is 11.0 Å². The summed E-state index contributed by atoms with van der Waals surface area (Å²) in [6.45, 7) is 1.34. The maximum Gasteiger partial charge on any atom is 0.244 e. The minimum atomic E-state index is -0.0459. The van der Waals surface area contributed by atoms with Crippen molar-refractivity contribution in [3.05, 3.63) is 54.4 Å². The van der Waals surface area contributed by atoms with Gasteiger partial charge in [-0.25, -0.2) is 4.68 Å². The van der Waals surface area contributed by atoms with E-state index in [-0.39, 0.29) is 24.2 Å². The van der Waals surface area contributed by atoms with Crippen molar-refractivity contribution in [3.8, 4) is 0 Å². The fraction of sp³-hybridized carbons (Fsp3) is 0.316. The van der Waals surface area contributed by atoms with Gasteiger partial charge in [-0.05, 0) is 37.1 Å². The third kappa shape index (κ3) is 3.20. The molecule has 3 aromatic rings. The van der Waals surface area contributed by atoms with E-state index in [1.165, 1.54) is 0 Å². The number of ketones is 1. The number of hydrogen-bond acceptors (Lipinski definition) is 5. The molecule has 1 saturated heterocycles. The van der Waals surface area contributed by atoms with Crippen LogP contribution in [0.1, 0.15) is 23.2 Å². The monoisotopic (exact) mass is 349 g/mol. The lowest BCUT2D eigenvalue weighted by Crippen LogP contribution is -2.41. The smallest absolute Gasteiger partial charge is 0.244 e. The molecular formula is C19H19N5O2. The summed E-state index contributed by atoms with van der Waals surface area (Å²) in [7, 11) is 0. The van der Waals surface area contributed by atoms with E-state index >= 15 is 0 Å². The van der Waals surface area contributed by atoms with Crippen LogP contribution in [0.25, 0.3) is 11.0 Å². The van der Waals surface area contributed by atoms with Gasteiger partial charge in [0.1, 0.15) is 12.1 Å². The van der Waals surface area contributed by atoms with Gasteiger partial charge in [-0.1, -0.05) is 17.3 Å². The number of para-hydroxylation sites is 1. The number of amides is 1. The van der Waals surface area contributed by atoms with Gasteiger partial charge >= 0.3 is 0 Å². The van der Waals surface area contributed by atoms with Crippen LogP contribution in [0.3, 0.4) is 0 Å². The molecular weight excluding hydrogens is 330 g/mol. The number of carbonyl (C=O) groups is 2. The first kappa shape index (κ1) is 16.4. The number of nitrogens with zero attached hydrogens (tertiary/aromatic N) is 5. The van der Waals surface area contributed by atoms with Gasteiger partial charge in [0, 0.05) is 37.0 Å². The highest BCUT2D eigenvalue weighted by molar-refractivity contribution is 5.97. The topological polar surface area (TPSA) is 81.0 Å². The molecule has 4 rings (SSSR count). The summed E-state index contributed by atoms with van der Waals surface area (Å²) in [5, 5.41) is 8.15. The first-order valence-electron chi connectivity index (χ1n) is 8.72. The van der Waals surface area contributed by atoms with Crippen LogP contribution in [-0.2, 0) is 11.3 Å². The Morgan fingerprint density at radius 3 is 2.65 bits per heavy atom. The number of hydrogen-bond donors (Lipinski definition) is 0. The molecule has 0 radical (unpaired) electrons. The van der Waals surface area contributed by atoms with Crippen molar-refractivity contribution in [3.63, 3.8) is 0 Å². The molecule has 0 bridgehead atoms. The Hall–Kier alpha value is -3.09. The number of rotatable bonds is 4. The van der Waals surface area contributed by atoms with Gasteiger partial charge in [-0.3, -0.25) is 14.6 Å². The third-order valence-corrected chi connectivity index (χ3v) is 4.87. The standard InChI is InChI=1S/C19H19N5O2/c25-18(13-24-17-6-2-1-5-16(17)21-22-24)23-10-7-14(8-11-23)19(26)15-4-3-9-20-12-15/h1-6,9,12,14H,7-8,10-11,13H2. The summed E-state index contributed by atoms with van der Waals surface area (Å²) in [6, 6.07) is 11.1. The zero-order valence-electron chi connectivity index (χ0n) is 14.3. The largest absolute Gasteiger partial charge is 0.341 e. The normalized spacial score (nSPS) is 15.3. The first-order valence-corrected chi connectivity index (χ1v) is 8.72. The quantitative estimate of drug-likeness (QED) is 0.673. The number of piperidine rings is 1. The summed E-state index contributed by atoms with van der Waals surface area (Å²) in [6.07, 6.45) is 4.62. The SMILES string of the molecule is O=C(c1cccnc1)C1CCN(C(=O)Cn2nnc3ccccc32)CC1. The second-order valence-corrected chi connectivity index (χ2v) is 6.50. The molecule has 7 nitrogen and oxygen atoms in total. The Bertz CT molecular complexity index is 929. The van der Waals surface area contributed by atoms with Gasteiger partial charge in [0.15, 0.2) is 5.78 Å². The minimum Gasteiger partial charge on any atom is -0.341 e. The van der Waals surface area contributed by atoms with Gasteiger partial charge < -0.3 is 4.90 Å².